The minimum absolute atomic E-state index is 0.0628. The Hall–Kier alpha value is -4.39. The lowest BCUT2D eigenvalue weighted by Gasteiger charge is -2.27. The van der Waals surface area contributed by atoms with Gasteiger partial charge >= 0.3 is 5.97 Å². The number of para-hydroxylation sites is 1. The van der Waals surface area contributed by atoms with Gasteiger partial charge in [-0.1, -0.05) is 55.5 Å². The number of ketones is 1. The van der Waals surface area contributed by atoms with Gasteiger partial charge in [0.15, 0.2) is 0 Å². The molecule has 4 rings (SSSR count). The van der Waals surface area contributed by atoms with Crippen LogP contribution in [0.2, 0.25) is 0 Å². The molecule has 0 spiro atoms. The van der Waals surface area contributed by atoms with E-state index in [1.165, 1.54) is 25.2 Å². The maximum atomic E-state index is 13.4. The van der Waals surface area contributed by atoms with Crippen molar-refractivity contribution in [2.45, 2.75) is 19.4 Å². The molecule has 1 N–H and O–H groups in total. The lowest BCUT2D eigenvalue weighted by atomic mass is 9.94. The van der Waals surface area contributed by atoms with Gasteiger partial charge in [0.25, 0.3) is 11.7 Å². The normalized spacial score (nSPS) is 16.9. The molecule has 178 valence electrons. The van der Waals surface area contributed by atoms with Crippen LogP contribution in [-0.2, 0) is 20.7 Å². The number of nitrogens with zero attached hydrogens (tertiary/aromatic N) is 1. The second-order valence-electron chi connectivity index (χ2n) is 8.00. The Morgan fingerprint density at radius 1 is 0.943 bits per heavy atom. The van der Waals surface area contributed by atoms with Crippen molar-refractivity contribution in [3.8, 4) is 5.75 Å². The highest BCUT2D eigenvalue weighted by atomic mass is 16.5. The summed E-state index contributed by atoms with van der Waals surface area (Å²) < 4.78 is 10.3. The van der Waals surface area contributed by atoms with Crippen LogP contribution in [0, 0.1) is 0 Å². The van der Waals surface area contributed by atoms with E-state index in [1.54, 1.807) is 54.6 Å². The molecule has 1 saturated heterocycles. The van der Waals surface area contributed by atoms with E-state index < -0.39 is 23.7 Å². The monoisotopic (exact) mass is 471 g/mol. The van der Waals surface area contributed by atoms with Crippen molar-refractivity contribution in [2.24, 2.45) is 0 Å². The maximum absolute atomic E-state index is 13.4. The molecule has 7 heteroatoms. The number of aliphatic hydroxyl groups excluding tert-OH is 1. The molecule has 3 aromatic carbocycles. The number of amides is 1. The predicted molar refractivity (Wildman–Crippen MR) is 131 cm³/mol. The summed E-state index contributed by atoms with van der Waals surface area (Å²) in [6.45, 7) is 2.02. The van der Waals surface area contributed by atoms with E-state index in [-0.39, 0.29) is 16.9 Å². The summed E-state index contributed by atoms with van der Waals surface area (Å²) >= 11 is 0. The Balaban J connectivity index is 1.95. The van der Waals surface area contributed by atoms with E-state index in [1.807, 2.05) is 19.1 Å². The molecule has 1 amide bonds. The number of carbonyl (C=O) groups excluding carboxylic acids is 3. The van der Waals surface area contributed by atoms with Gasteiger partial charge in [0.2, 0.25) is 0 Å². The molecule has 35 heavy (non-hydrogen) atoms. The minimum Gasteiger partial charge on any atom is -0.507 e. The molecule has 0 radical (unpaired) electrons. The summed E-state index contributed by atoms with van der Waals surface area (Å²) in [5.41, 5.74) is 2.48. The molecule has 1 unspecified atom stereocenters. The first-order chi connectivity index (χ1) is 16.9. The number of benzene rings is 3. The van der Waals surface area contributed by atoms with Crippen LogP contribution in [0.15, 0.2) is 78.4 Å². The highest BCUT2D eigenvalue weighted by molar-refractivity contribution is 6.51. The maximum Gasteiger partial charge on any atom is 0.337 e. The quantitative estimate of drug-likeness (QED) is 0.243. The average molecular weight is 472 g/mol. The third-order valence-corrected chi connectivity index (χ3v) is 6.06. The summed E-state index contributed by atoms with van der Waals surface area (Å²) in [6, 6.07) is 19.4. The molecule has 0 aromatic heterocycles. The van der Waals surface area contributed by atoms with Crippen LogP contribution in [0.1, 0.15) is 40.0 Å². The first-order valence-electron chi connectivity index (χ1n) is 11.1. The zero-order valence-corrected chi connectivity index (χ0v) is 19.6. The first-order valence-corrected chi connectivity index (χ1v) is 11.1. The number of esters is 1. The number of hydrogen-bond acceptors (Lipinski definition) is 6. The van der Waals surface area contributed by atoms with Gasteiger partial charge in [-0.3, -0.25) is 14.5 Å². The average Bonchev–Trinajstić information content (AvgIpc) is 3.17. The van der Waals surface area contributed by atoms with Crippen molar-refractivity contribution < 1.29 is 29.0 Å². The van der Waals surface area contributed by atoms with Crippen LogP contribution in [0.5, 0.6) is 5.75 Å². The topological polar surface area (TPSA) is 93.1 Å². The molecule has 1 atom stereocenters. The summed E-state index contributed by atoms with van der Waals surface area (Å²) in [5, 5.41) is 11.3. The summed E-state index contributed by atoms with van der Waals surface area (Å²) in [5.74, 6) is -2.07. The van der Waals surface area contributed by atoms with E-state index in [0.29, 0.717) is 22.6 Å². The van der Waals surface area contributed by atoms with Gasteiger partial charge in [0.05, 0.1) is 31.4 Å². The second-order valence-corrected chi connectivity index (χ2v) is 8.00. The van der Waals surface area contributed by atoms with Crippen molar-refractivity contribution >= 4 is 29.1 Å². The molecule has 1 aliphatic heterocycles. The Morgan fingerprint density at radius 2 is 1.66 bits per heavy atom. The third-order valence-electron chi connectivity index (χ3n) is 6.06. The van der Waals surface area contributed by atoms with Crippen LogP contribution in [0.3, 0.4) is 0 Å². The van der Waals surface area contributed by atoms with Crippen LogP contribution in [-0.4, -0.2) is 37.0 Å². The molecule has 0 saturated carbocycles. The zero-order valence-electron chi connectivity index (χ0n) is 19.6. The Labute approximate surface area is 203 Å². The number of hydrogen-bond donors (Lipinski definition) is 1. The van der Waals surface area contributed by atoms with Gasteiger partial charge in [-0.2, -0.15) is 0 Å². The highest BCUT2D eigenvalue weighted by Crippen LogP contribution is 2.45. The number of carbonyl (C=O) groups is 3. The van der Waals surface area contributed by atoms with Crippen LogP contribution in [0.4, 0.5) is 5.69 Å². The predicted octanol–water partition coefficient (Wildman–Crippen LogP) is 4.67. The fourth-order valence-electron chi connectivity index (χ4n) is 4.24. The molecule has 3 aromatic rings. The molecular formula is C28H25NO6. The van der Waals surface area contributed by atoms with Crippen molar-refractivity contribution in [1.29, 1.82) is 0 Å². The van der Waals surface area contributed by atoms with Crippen molar-refractivity contribution in [2.75, 3.05) is 19.1 Å². The molecule has 0 aliphatic carbocycles. The number of anilines is 1. The first kappa shape index (κ1) is 23.8. The molecule has 7 nitrogen and oxygen atoms in total. The van der Waals surface area contributed by atoms with E-state index in [9.17, 15) is 19.5 Å². The van der Waals surface area contributed by atoms with E-state index in [0.717, 1.165) is 12.0 Å². The highest BCUT2D eigenvalue weighted by Gasteiger charge is 2.48. The molecule has 1 fully saturated rings. The Bertz CT molecular complexity index is 1330. The molecule has 0 bridgehead atoms. The number of Topliss-reactive ketones (excluding diaryl/α,β-unsaturated/α-hetero) is 1. The second kappa shape index (κ2) is 9.85. The fraction of sp³-hybridized carbons (Fsp3) is 0.179. The summed E-state index contributed by atoms with van der Waals surface area (Å²) in [6.07, 6.45) is 0.823. The summed E-state index contributed by atoms with van der Waals surface area (Å²) in [7, 11) is 2.76. The largest absolute Gasteiger partial charge is 0.507 e. The zero-order chi connectivity index (χ0) is 25.1. The summed E-state index contributed by atoms with van der Waals surface area (Å²) in [4.78, 5) is 40.1. The van der Waals surface area contributed by atoms with Crippen LogP contribution < -0.4 is 9.64 Å². The standard InChI is InChI=1S/C28H25NO6/c1-4-17-12-14-18(15-13-17)25(30)23-24(21-10-5-6-11-22(21)34-2)29(27(32)26(23)31)20-9-7-8-19(16-20)28(33)35-3/h5-16,24,30H,4H2,1-3H3/b25-23+. The van der Waals surface area contributed by atoms with Gasteiger partial charge in [-0.25, -0.2) is 4.79 Å². The van der Waals surface area contributed by atoms with Gasteiger partial charge < -0.3 is 14.6 Å². The van der Waals surface area contributed by atoms with Crippen molar-refractivity contribution in [3.05, 3.63) is 101 Å². The van der Waals surface area contributed by atoms with E-state index >= 15 is 0 Å². The SMILES string of the molecule is CCc1ccc(/C(O)=C2\C(=O)C(=O)N(c3cccc(C(=O)OC)c3)C2c2ccccc2OC)cc1. The Morgan fingerprint density at radius 3 is 2.31 bits per heavy atom. The van der Waals surface area contributed by atoms with Crippen LogP contribution >= 0.6 is 0 Å². The number of aliphatic hydroxyl groups is 1. The number of rotatable bonds is 6. The lowest BCUT2D eigenvalue weighted by molar-refractivity contribution is -0.132. The molecular weight excluding hydrogens is 446 g/mol. The Kier molecular flexibility index (Phi) is 6.68. The lowest BCUT2D eigenvalue weighted by Crippen LogP contribution is -2.29. The molecule has 1 aliphatic rings. The van der Waals surface area contributed by atoms with Gasteiger partial charge in [0.1, 0.15) is 11.5 Å². The van der Waals surface area contributed by atoms with Crippen LogP contribution in [0.25, 0.3) is 5.76 Å². The van der Waals surface area contributed by atoms with Gasteiger partial charge in [-0.05, 0) is 36.2 Å². The number of ether oxygens (including phenoxy) is 2. The molecule has 1 heterocycles. The third kappa shape index (κ3) is 4.28. The van der Waals surface area contributed by atoms with Gasteiger partial charge in [0, 0.05) is 16.8 Å². The van der Waals surface area contributed by atoms with Gasteiger partial charge in [-0.15, -0.1) is 0 Å². The van der Waals surface area contributed by atoms with E-state index in [2.05, 4.69) is 0 Å². The van der Waals surface area contributed by atoms with E-state index in [4.69, 9.17) is 9.47 Å². The number of aryl methyl sites for hydroxylation is 1. The fourth-order valence-corrected chi connectivity index (χ4v) is 4.24. The minimum atomic E-state index is -0.982. The smallest absolute Gasteiger partial charge is 0.337 e. The number of methoxy groups -OCH3 is 2. The van der Waals surface area contributed by atoms with Crippen molar-refractivity contribution in [3.63, 3.8) is 0 Å². The van der Waals surface area contributed by atoms with Crippen molar-refractivity contribution in [1.82, 2.24) is 0 Å².